The molecule has 6 heteroatoms. The van der Waals surface area contributed by atoms with Crippen molar-refractivity contribution in [2.45, 2.75) is 12.1 Å². The Kier molecular flexibility index (Phi) is 4.75. The average Bonchev–Trinajstić information content (AvgIpc) is 3.12. The SMILES string of the molecule is O[C@@H](CN[C@@H](c1ccc(F)cc1)c1ncccn1)c1ccco1. The Labute approximate surface area is 132 Å². The predicted molar refractivity (Wildman–Crippen MR) is 81.9 cm³/mol. The van der Waals surface area contributed by atoms with Crippen molar-refractivity contribution in [2.75, 3.05) is 6.54 Å². The number of aliphatic hydroxyl groups is 1. The Morgan fingerprint density at radius 2 is 1.83 bits per heavy atom. The zero-order valence-electron chi connectivity index (χ0n) is 12.3. The van der Waals surface area contributed by atoms with Crippen molar-refractivity contribution >= 4 is 0 Å². The Hall–Kier alpha value is -2.57. The van der Waals surface area contributed by atoms with Crippen LogP contribution >= 0.6 is 0 Å². The van der Waals surface area contributed by atoms with Crippen LogP contribution in [0.4, 0.5) is 4.39 Å². The van der Waals surface area contributed by atoms with Gasteiger partial charge in [-0.3, -0.25) is 0 Å². The van der Waals surface area contributed by atoms with Crippen molar-refractivity contribution in [2.24, 2.45) is 0 Å². The molecule has 118 valence electrons. The smallest absolute Gasteiger partial charge is 0.149 e. The highest BCUT2D eigenvalue weighted by Crippen LogP contribution is 2.20. The van der Waals surface area contributed by atoms with Crippen molar-refractivity contribution in [1.82, 2.24) is 15.3 Å². The second kappa shape index (κ2) is 7.13. The van der Waals surface area contributed by atoms with E-state index in [2.05, 4.69) is 15.3 Å². The molecule has 0 fully saturated rings. The van der Waals surface area contributed by atoms with Crippen LogP contribution in [0.5, 0.6) is 0 Å². The third-order valence-corrected chi connectivity index (χ3v) is 3.43. The lowest BCUT2D eigenvalue weighted by Gasteiger charge is -2.19. The summed E-state index contributed by atoms with van der Waals surface area (Å²) in [5.41, 5.74) is 0.809. The number of aromatic nitrogens is 2. The van der Waals surface area contributed by atoms with Gasteiger partial charge in [0.25, 0.3) is 0 Å². The summed E-state index contributed by atoms with van der Waals surface area (Å²) in [6.45, 7) is 0.244. The maximum atomic E-state index is 13.1. The molecule has 1 aromatic carbocycles. The van der Waals surface area contributed by atoms with Gasteiger partial charge in [0, 0.05) is 18.9 Å². The van der Waals surface area contributed by atoms with E-state index in [1.807, 2.05) is 0 Å². The normalized spacial score (nSPS) is 13.7. The van der Waals surface area contributed by atoms with Crippen LogP contribution < -0.4 is 5.32 Å². The Balaban J connectivity index is 1.79. The Bertz CT molecular complexity index is 717. The summed E-state index contributed by atoms with van der Waals surface area (Å²) in [7, 11) is 0. The van der Waals surface area contributed by atoms with Crippen molar-refractivity contribution in [1.29, 1.82) is 0 Å². The number of halogens is 1. The fourth-order valence-corrected chi connectivity index (χ4v) is 2.28. The summed E-state index contributed by atoms with van der Waals surface area (Å²) in [6.07, 6.45) is 4.00. The molecule has 2 heterocycles. The van der Waals surface area contributed by atoms with Crippen molar-refractivity contribution in [3.05, 3.63) is 84.1 Å². The minimum atomic E-state index is -0.795. The molecular weight excluding hydrogens is 297 g/mol. The van der Waals surface area contributed by atoms with Crippen LogP contribution in [-0.4, -0.2) is 21.6 Å². The fourth-order valence-electron chi connectivity index (χ4n) is 2.28. The van der Waals surface area contributed by atoms with Crippen molar-refractivity contribution in [3.8, 4) is 0 Å². The zero-order valence-corrected chi connectivity index (χ0v) is 12.3. The third-order valence-electron chi connectivity index (χ3n) is 3.43. The van der Waals surface area contributed by atoms with E-state index in [1.54, 1.807) is 42.7 Å². The third kappa shape index (κ3) is 3.80. The lowest BCUT2D eigenvalue weighted by molar-refractivity contribution is 0.144. The number of hydrogen-bond acceptors (Lipinski definition) is 5. The molecule has 2 atom stereocenters. The van der Waals surface area contributed by atoms with Gasteiger partial charge in [-0.2, -0.15) is 0 Å². The lowest BCUT2D eigenvalue weighted by atomic mass is 10.1. The molecule has 5 nitrogen and oxygen atoms in total. The van der Waals surface area contributed by atoms with Gasteiger partial charge in [-0.05, 0) is 35.9 Å². The first-order valence-electron chi connectivity index (χ1n) is 7.21. The number of furan rings is 1. The van der Waals surface area contributed by atoms with Crippen LogP contribution in [0.2, 0.25) is 0 Å². The number of rotatable bonds is 6. The van der Waals surface area contributed by atoms with Gasteiger partial charge in [0.15, 0.2) is 0 Å². The van der Waals surface area contributed by atoms with Gasteiger partial charge < -0.3 is 14.8 Å². The molecule has 0 saturated carbocycles. The van der Waals surface area contributed by atoms with E-state index in [-0.39, 0.29) is 18.4 Å². The first kappa shape index (κ1) is 15.3. The molecule has 3 rings (SSSR count). The van der Waals surface area contributed by atoms with Crippen LogP contribution in [-0.2, 0) is 0 Å². The summed E-state index contributed by atoms with van der Waals surface area (Å²) in [5.74, 6) is 0.715. The van der Waals surface area contributed by atoms with Gasteiger partial charge in [0.2, 0.25) is 0 Å². The largest absolute Gasteiger partial charge is 0.467 e. The molecule has 0 radical (unpaired) electrons. The molecule has 0 amide bonds. The molecule has 2 N–H and O–H groups in total. The fraction of sp³-hybridized carbons (Fsp3) is 0.176. The number of nitrogens with one attached hydrogen (secondary N) is 1. The summed E-state index contributed by atoms with van der Waals surface area (Å²) >= 11 is 0. The van der Waals surface area contributed by atoms with E-state index in [0.29, 0.717) is 11.6 Å². The molecule has 2 aromatic heterocycles. The molecule has 0 spiro atoms. The van der Waals surface area contributed by atoms with Crippen LogP contribution in [0.3, 0.4) is 0 Å². The summed E-state index contributed by atoms with van der Waals surface area (Å²) in [5, 5.41) is 13.3. The number of aliphatic hydroxyl groups excluding tert-OH is 1. The van der Waals surface area contributed by atoms with Gasteiger partial charge in [0.05, 0.1) is 12.3 Å². The number of nitrogens with zero attached hydrogens (tertiary/aromatic N) is 2. The molecule has 0 unspecified atom stereocenters. The summed E-state index contributed by atoms with van der Waals surface area (Å²) in [6, 6.07) is 10.9. The first-order chi connectivity index (χ1) is 11.2. The summed E-state index contributed by atoms with van der Waals surface area (Å²) in [4.78, 5) is 8.49. The highest BCUT2D eigenvalue weighted by atomic mass is 19.1. The summed E-state index contributed by atoms with van der Waals surface area (Å²) < 4.78 is 18.3. The topological polar surface area (TPSA) is 71.2 Å². The number of hydrogen-bond donors (Lipinski definition) is 2. The Morgan fingerprint density at radius 1 is 1.09 bits per heavy atom. The lowest BCUT2D eigenvalue weighted by Crippen LogP contribution is -2.28. The van der Waals surface area contributed by atoms with E-state index >= 15 is 0 Å². The van der Waals surface area contributed by atoms with Crippen LogP contribution in [0.1, 0.15) is 29.3 Å². The molecule has 0 aliphatic rings. The highest BCUT2D eigenvalue weighted by Gasteiger charge is 2.19. The highest BCUT2D eigenvalue weighted by molar-refractivity contribution is 5.25. The maximum absolute atomic E-state index is 13.1. The predicted octanol–water partition coefficient (Wildman–Crippen LogP) is 2.62. The van der Waals surface area contributed by atoms with Crippen LogP contribution in [0, 0.1) is 5.82 Å². The average molecular weight is 313 g/mol. The molecule has 0 aliphatic heterocycles. The molecule has 0 bridgehead atoms. The van der Waals surface area contributed by atoms with Crippen LogP contribution in [0.15, 0.2) is 65.5 Å². The standard InChI is InChI=1S/C17H16FN3O2/c18-13-6-4-12(5-7-13)16(17-19-8-2-9-20-17)21-11-14(22)15-3-1-10-23-15/h1-10,14,16,21-22H,11H2/t14-,16-/m0/s1. The zero-order chi connectivity index (χ0) is 16.1. The van der Waals surface area contributed by atoms with Crippen molar-refractivity contribution < 1.29 is 13.9 Å². The minimum Gasteiger partial charge on any atom is -0.467 e. The van der Waals surface area contributed by atoms with E-state index < -0.39 is 6.10 Å². The molecule has 3 aromatic rings. The Morgan fingerprint density at radius 3 is 2.48 bits per heavy atom. The molecular formula is C17H16FN3O2. The van der Waals surface area contributed by atoms with Gasteiger partial charge >= 0.3 is 0 Å². The van der Waals surface area contributed by atoms with E-state index in [4.69, 9.17) is 4.42 Å². The number of benzene rings is 1. The monoisotopic (exact) mass is 313 g/mol. The van der Waals surface area contributed by atoms with Crippen LogP contribution in [0.25, 0.3) is 0 Å². The van der Waals surface area contributed by atoms with Gasteiger partial charge in [-0.25, -0.2) is 14.4 Å². The van der Waals surface area contributed by atoms with Gasteiger partial charge in [-0.15, -0.1) is 0 Å². The van der Waals surface area contributed by atoms with Crippen molar-refractivity contribution in [3.63, 3.8) is 0 Å². The minimum absolute atomic E-state index is 0.244. The van der Waals surface area contributed by atoms with Gasteiger partial charge in [0.1, 0.15) is 23.5 Å². The quantitative estimate of drug-likeness (QED) is 0.732. The van der Waals surface area contributed by atoms with E-state index in [0.717, 1.165) is 5.56 Å². The van der Waals surface area contributed by atoms with E-state index in [1.165, 1.54) is 18.4 Å². The molecule has 23 heavy (non-hydrogen) atoms. The van der Waals surface area contributed by atoms with Gasteiger partial charge in [-0.1, -0.05) is 12.1 Å². The molecule has 0 aliphatic carbocycles. The second-order valence-electron chi connectivity index (χ2n) is 5.03. The second-order valence-corrected chi connectivity index (χ2v) is 5.03. The maximum Gasteiger partial charge on any atom is 0.149 e. The first-order valence-corrected chi connectivity index (χ1v) is 7.21. The molecule has 0 saturated heterocycles. The van der Waals surface area contributed by atoms with E-state index in [9.17, 15) is 9.50 Å².